The first kappa shape index (κ1) is 22.4. The zero-order valence-corrected chi connectivity index (χ0v) is 17.5. The van der Waals surface area contributed by atoms with Gasteiger partial charge in [0.05, 0.1) is 5.69 Å². The summed E-state index contributed by atoms with van der Waals surface area (Å²) in [6.07, 6.45) is -0.697. The Hall–Kier alpha value is -3.82. The van der Waals surface area contributed by atoms with Gasteiger partial charge >= 0.3 is 6.36 Å². The lowest BCUT2D eigenvalue weighted by atomic mass is 10.1. The Morgan fingerprint density at radius 1 is 1.03 bits per heavy atom. The number of amides is 1. The number of nitrogen functional groups attached to an aromatic ring is 1. The molecule has 1 aromatic heterocycles. The summed E-state index contributed by atoms with van der Waals surface area (Å²) in [5.41, 5.74) is 7.26. The summed E-state index contributed by atoms with van der Waals surface area (Å²) < 4.78 is 42.0. The molecule has 172 valence electrons. The number of hydrogen-bond donors (Lipinski definition) is 3. The molecule has 0 atom stereocenters. The highest BCUT2D eigenvalue weighted by molar-refractivity contribution is 6.04. The van der Waals surface area contributed by atoms with Crippen LogP contribution in [-0.4, -0.2) is 28.3 Å². The van der Waals surface area contributed by atoms with E-state index in [4.69, 9.17) is 5.73 Å². The summed E-state index contributed by atoms with van der Waals surface area (Å²) in [4.78, 5) is 21.6. The molecule has 4 rings (SSSR count). The molecular formula is C23H22F3N5O2. The van der Waals surface area contributed by atoms with Gasteiger partial charge in [0.15, 0.2) is 0 Å². The molecule has 0 radical (unpaired) electrons. The predicted molar refractivity (Wildman–Crippen MR) is 119 cm³/mol. The van der Waals surface area contributed by atoms with Crippen molar-refractivity contribution in [2.45, 2.75) is 38.1 Å². The molecule has 7 nitrogen and oxygen atoms in total. The minimum atomic E-state index is -4.81. The number of anilines is 3. The Bertz CT molecular complexity index is 1150. The van der Waals surface area contributed by atoms with Crippen molar-refractivity contribution in [3.8, 4) is 17.0 Å². The maximum atomic E-state index is 12.7. The molecule has 2 aromatic carbocycles. The summed E-state index contributed by atoms with van der Waals surface area (Å²) in [6.45, 7) is 0. The normalized spacial score (nSPS) is 14.2. The molecule has 0 aliphatic heterocycles. The molecule has 10 heteroatoms. The monoisotopic (exact) mass is 457 g/mol. The largest absolute Gasteiger partial charge is 0.573 e. The Morgan fingerprint density at radius 3 is 2.52 bits per heavy atom. The van der Waals surface area contributed by atoms with Crippen LogP contribution in [0.2, 0.25) is 0 Å². The molecule has 0 saturated heterocycles. The Balaban J connectivity index is 1.66. The average Bonchev–Trinajstić information content (AvgIpc) is 3.25. The van der Waals surface area contributed by atoms with Gasteiger partial charge in [0.1, 0.15) is 11.6 Å². The van der Waals surface area contributed by atoms with E-state index in [0.29, 0.717) is 22.5 Å². The highest BCUT2D eigenvalue weighted by Crippen LogP contribution is 2.29. The molecule has 0 spiro atoms. The molecule has 1 aliphatic rings. The van der Waals surface area contributed by atoms with Crippen LogP contribution in [0.3, 0.4) is 0 Å². The molecule has 3 aromatic rings. The minimum Gasteiger partial charge on any atom is -0.406 e. The van der Waals surface area contributed by atoms with E-state index in [9.17, 15) is 18.0 Å². The number of benzene rings is 2. The van der Waals surface area contributed by atoms with Gasteiger partial charge in [-0.1, -0.05) is 31.0 Å². The molecule has 0 unspecified atom stereocenters. The maximum Gasteiger partial charge on any atom is 0.573 e. The SMILES string of the molecule is Nc1cccc(C(=O)Nc2cc(-c3cccc(OC(F)(F)F)c3)nc(NC3CCCC3)n2)c1. The van der Waals surface area contributed by atoms with Crippen LogP contribution in [0.15, 0.2) is 54.6 Å². The van der Waals surface area contributed by atoms with E-state index in [1.54, 1.807) is 24.3 Å². The lowest BCUT2D eigenvalue weighted by molar-refractivity contribution is -0.274. The average molecular weight is 457 g/mol. The second kappa shape index (κ2) is 9.35. The number of rotatable bonds is 6. The molecule has 4 N–H and O–H groups in total. The first-order valence-electron chi connectivity index (χ1n) is 10.4. The maximum absolute atomic E-state index is 12.7. The number of aromatic nitrogens is 2. The smallest absolute Gasteiger partial charge is 0.406 e. The number of carbonyl (C=O) groups excluding carboxylic acids is 1. The van der Waals surface area contributed by atoms with Gasteiger partial charge in [-0.2, -0.15) is 4.98 Å². The topological polar surface area (TPSA) is 102 Å². The number of carbonyl (C=O) groups is 1. The van der Waals surface area contributed by atoms with E-state index >= 15 is 0 Å². The Kier molecular flexibility index (Phi) is 6.34. The van der Waals surface area contributed by atoms with Gasteiger partial charge in [-0.15, -0.1) is 13.2 Å². The molecule has 1 aliphatic carbocycles. The first-order chi connectivity index (χ1) is 15.7. The van der Waals surface area contributed by atoms with Crippen molar-refractivity contribution in [3.05, 3.63) is 60.2 Å². The van der Waals surface area contributed by atoms with Crippen LogP contribution < -0.4 is 21.1 Å². The first-order valence-corrected chi connectivity index (χ1v) is 10.4. The van der Waals surface area contributed by atoms with Gasteiger partial charge in [0, 0.05) is 28.9 Å². The number of halogens is 3. The molecule has 1 amide bonds. The van der Waals surface area contributed by atoms with Gasteiger partial charge < -0.3 is 21.1 Å². The second-order valence-corrected chi connectivity index (χ2v) is 7.74. The van der Waals surface area contributed by atoms with Crippen LogP contribution in [0.1, 0.15) is 36.0 Å². The summed E-state index contributed by atoms with van der Waals surface area (Å²) in [6, 6.07) is 13.7. The zero-order valence-electron chi connectivity index (χ0n) is 17.5. The third-order valence-corrected chi connectivity index (χ3v) is 5.17. The van der Waals surface area contributed by atoms with E-state index in [1.165, 1.54) is 30.3 Å². The van der Waals surface area contributed by atoms with Gasteiger partial charge in [0.2, 0.25) is 5.95 Å². The van der Waals surface area contributed by atoms with E-state index in [1.807, 2.05) is 0 Å². The Labute approximate surface area is 188 Å². The molecule has 33 heavy (non-hydrogen) atoms. The van der Waals surface area contributed by atoms with Crippen LogP contribution in [0.4, 0.5) is 30.6 Å². The van der Waals surface area contributed by atoms with E-state index in [2.05, 4.69) is 25.3 Å². The van der Waals surface area contributed by atoms with Crippen LogP contribution in [0.25, 0.3) is 11.3 Å². The summed E-state index contributed by atoms with van der Waals surface area (Å²) in [7, 11) is 0. The van der Waals surface area contributed by atoms with Crippen molar-refractivity contribution in [1.82, 2.24) is 9.97 Å². The minimum absolute atomic E-state index is 0.192. The van der Waals surface area contributed by atoms with Crippen molar-refractivity contribution in [2.75, 3.05) is 16.4 Å². The van der Waals surface area contributed by atoms with Gasteiger partial charge in [-0.25, -0.2) is 4.98 Å². The summed E-state index contributed by atoms with van der Waals surface area (Å²) in [5, 5.41) is 5.98. The van der Waals surface area contributed by atoms with Crippen LogP contribution >= 0.6 is 0 Å². The fourth-order valence-corrected chi connectivity index (χ4v) is 3.70. The van der Waals surface area contributed by atoms with Crippen molar-refractivity contribution >= 4 is 23.4 Å². The third kappa shape index (κ3) is 6.12. The Morgan fingerprint density at radius 2 is 1.79 bits per heavy atom. The van der Waals surface area contributed by atoms with Gasteiger partial charge in [-0.3, -0.25) is 4.79 Å². The molecule has 1 saturated carbocycles. The molecular weight excluding hydrogens is 435 g/mol. The summed E-state index contributed by atoms with van der Waals surface area (Å²) in [5.74, 6) is -0.304. The molecule has 0 bridgehead atoms. The van der Waals surface area contributed by atoms with E-state index in [-0.39, 0.29) is 23.6 Å². The summed E-state index contributed by atoms with van der Waals surface area (Å²) >= 11 is 0. The van der Waals surface area contributed by atoms with Gasteiger partial charge in [0.25, 0.3) is 5.91 Å². The van der Waals surface area contributed by atoms with Crippen molar-refractivity contribution < 1.29 is 22.7 Å². The number of nitrogens with one attached hydrogen (secondary N) is 2. The molecule has 1 fully saturated rings. The van der Waals surface area contributed by atoms with E-state index < -0.39 is 12.3 Å². The standard InChI is InChI=1S/C23H22F3N5O2/c24-23(25,26)33-18-10-4-5-14(12-18)19-13-20(30-21(32)15-6-3-7-16(27)11-15)31-22(29-19)28-17-8-1-2-9-17/h3-7,10-13,17H,1-2,8-9,27H2,(H2,28,29,30,31,32). The second-order valence-electron chi connectivity index (χ2n) is 7.74. The van der Waals surface area contributed by atoms with Crippen LogP contribution in [-0.2, 0) is 0 Å². The highest BCUT2D eigenvalue weighted by atomic mass is 19.4. The number of nitrogens with zero attached hydrogens (tertiary/aromatic N) is 2. The number of hydrogen-bond acceptors (Lipinski definition) is 6. The van der Waals surface area contributed by atoms with Crippen molar-refractivity contribution in [3.63, 3.8) is 0 Å². The third-order valence-electron chi connectivity index (χ3n) is 5.17. The zero-order chi connectivity index (χ0) is 23.4. The van der Waals surface area contributed by atoms with Crippen molar-refractivity contribution in [2.24, 2.45) is 0 Å². The highest BCUT2D eigenvalue weighted by Gasteiger charge is 2.31. The van der Waals surface area contributed by atoms with E-state index in [0.717, 1.165) is 25.7 Å². The number of ether oxygens (including phenoxy) is 1. The van der Waals surface area contributed by atoms with Crippen LogP contribution in [0, 0.1) is 0 Å². The lowest BCUT2D eigenvalue weighted by Crippen LogP contribution is -2.19. The fourth-order valence-electron chi connectivity index (χ4n) is 3.70. The fraction of sp³-hybridized carbons (Fsp3) is 0.261. The van der Waals surface area contributed by atoms with Crippen molar-refractivity contribution in [1.29, 1.82) is 0 Å². The molecule has 1 heterocycles. The number of alkyl halides is 3. The van der Waals surface area contributed by atoms with Crippen LogP contribution in [0.5, 0.6) is 5.75 Å². The number of nitrogens with two attached hydrogens (primary N) is 1. The lowest BCUT2D eigenvalue weighted by Gasteiger charge is -2.15. The predicted octanol–water partition coefficient (Wildman–Crippen LogP) is 5.23. The quantitative estimate of drug-likeness (QED) is 0.438. The van der Waals surface area contributed by atoms with Gasteiger partial charge in [-0.05, 0) is 43.2 Å².